The van der Waals surface area contributed by atoms with Crippen molar-refractivity contribution in [1.29, 1.82) is 0 Å². The highest BCUT2D eigenvalue weighted by Crippen LogP contribution is 2.24. The molecule has 0 aliphatic rings. The van der Waals surface area contributed by atoms with Crippen LogP contribution in [0.2, 0.25) is 5.02 Å². The standard InChI is InChI=1S/C14H13ClFNO2/c1-19-13-6-5-10(8-17-13)12(18)7-9-3-2-4-11(15)14(9)16/h2-6,8,12,18H,7H2,1H3. The maximum atomic E-state index is 13.7. The van der Waals surface area contributed by atoms with Crippen molar-refractivity contribution in [3.8, 4) is 5.88 Å². The number of hydrogen-bond donors (Lipinski definition) is 1. The highest BCUT2D eigenvalue weighted by atomic mass is 35.5. The van der Waals surface area contributed by atoms with Crippen LogP contribution in [0, 0.1) is 5.82 Å². The number of ether oxygens (including phenoxy) is 1. The summed E-state index contributed by atoms with van der Waals surface area (Å²) in [5.41, 5.74) is 0.969. The van der Waals surface area contributed by atoms with Crippen LogP contribution in [0.5, 0.6) is 5.88 Å². The highest BCUT2D eigenvalue weighted by Gasteiger charge is 2.13. The van der Waals surface area contributed by atoms with Gasteiger partial charge in [-0.3, -0.25) is 0 Å². The van der Waals surface area contributed by atoms with Crippen LogP contribution >= 0.6 is 11.6 Å². The van der Waals surface area contributed by atoms with E-state index >= 15 is 0 Å². The lowest BCUT2D eigenvalue weighted by Gasteiger charge is -2.12. The number of aliphatic hydroxyl groups excluding tert-OH is 1. The summed E-state index contributed by atoms with van der Waals surface area (Å²) >= 11 is 5.70. The van der Waals surface area contributed by atoms with Crippen LogP contribution in [0.1, 0.15) is 17.2 Å². The van der Waals surface area contributed by atoms with Gasteiger partial charge in [-0.05, 0) is 23.3 Å². The van der Waals surface area contributed by atoms with Gasteiger partial charge in [-0.25, -0.2) is 9.37 Å². The fourth-order valence-electron chi connectivity index (χ4n) is 1.74. The molecule has 1 unspecified atom stereocenters. The summed E-state index contributed by atoms with van der Waals surface area (Å²) in [6, 6.07) is 8.06. The molecule has 2 aromatic rings. The number of methoxy groups -OCH3 is 1. The number of hydrogen-bond acceptors (Lipinski definition) is 3. The smallest absolute Gasteiger partial charge is 0.212 e. The first-order chi connectivity index (χ1) is 9.11. The molecule has 1 aromatic heterocycles. The Kier molecular flexibility index (Phi) is 4.35. The predicted molar refractivity (Wildman–Crippen MR) is 70.9 cm³/mol. The summed E-state index contributed by atoms with van der Waals surface area (Å²) in [5.74, 6) is -0.0328. The molecule has 1 heterocycles. The molecule has 0 saturated carbocycles. The SMILES string of the molecule is COc1ccc(C(O)Cc2cccc(Cl)c2F)cn1. The second kappa shape index (κ2) is 5.99. The van der Waals surface area contributed by atoms with E-state index in [-0.39, 0.29) is 11.4 Å². The molecule has 0 aliphatic heterocycles. The van der Waals surface area contributed by atoms with E-state index in [1.807, 2.05) is 0 Å². The van der Waals surface area contributed by atoms with E-state index in [0.717, 1.165) is 0 Å². The Balaban J connectivity index is 2.15. The number of rotatable bonds is 4. The summed E-state index contributed by atoms with van der Waals surface area (Å²) in [6.45, 7) is 0. The van der Waals surface area contributed by atoms with Crippen LogP contribution in [0.15, 0.2) is 36.5 Å². The van der Waals surface area contributed by atoms with Crippen LogP contribution in [0.3, 0.4) is 0 Å². The van der Waals surface area contributed by atoms with Crippen molar-refractivity contribution in [3.63, 3.8) is 0 Å². The molecule has 2 rings (SSSR count). The number of aromatic nitrogens is 1. The van der Waals surface area contributed by atoms with Crippen molar-refractivity contribution in [2.24, 2.45) is 0 Å². The lowest BCUT2D eigenvalue weighted by atomic mass is 10.0. The van der Waals surface area contributed by atoms with Crippen molar-refractivity contribution in [1.82, 2.24) is 4.98 Å². The van der Waals surface area contributed by atoms with Gasteiger partial charge in [-0.15, -0.1) is 0 Å². The van der Waals surface area contributed by atoms with E-state index in [1.54, 1.807) is 24.3 Å². The molecule has 0 aliphatic carbocycles. The van der Waals surface area contributed by atoms with Crippen LogP contribution in [-0.2, 0) is 6.42 Å². The van der Waals surface area contributed by atoms with Crippen LogP contribution in [0.4, 0.5) is 4.39 Å². The lowest BCUT2D eigenvalue weighted by molar-refractivity contribution is 0.176. The van der Waals surface area contributed by atoms with Crippen molar-refractivity contribution < 1.29 is 14.2 Å². The minimum atomic E-state index is -0.841. The summed E-state index contributed by atoms with van der Waals surface area (Å²) < 4.78 is 18.6. The van der Waals surface area contributed by atoms with Gasteiger partial charge in [-0.2, -0.15) is 0 Å². The predicted octanol–water partition coefficient (Wildman–Crippen LogP) is 3.16. The van der Waals surface area contributed by atoms with Gasteiger partial charge in [0.25, 0.3) is 0 Å². The molecule has 1 aromatic carbocycles. The fraction of sp³-hybridized carbons (Fsp3) is 0.214. The maximum absolute atomic E-state index is 13.7. The van der Waals surface area contributed by atoms with Gasteiger partial charge >= 0.3 is 0 Å². The van der Waals surface area contributed by atoms with E-state index in [4.69, 9.17) is 16.3 Å². The number of benzene rings is 1. The Bertz CT molecular complexity index is 560. The monoisotopic (exact) mass is 281 g/mol. The molecule has 0 spiro atoms. The Morgan fingerprint density at radius 3 is 2.79 bits per heavy atom. The molecule has 19 heavy (non-hydrogen) atoms. The largest absolute Gasteiger partial charge is 0.481 e. The van der Waals surface area contributed by atoms with E-state index in [0.29, 0.717) is 17.0 Å². The normalized spacial score (nSPS) is 12.2. The van der Waals surface area contributed by atoms with Gasteiger partial charge in [0.15, 0.2) is 0 Å². The van der Waals surface area contributed by atoms with Crippen molar-refractivity contribution >= 4 is 11.6 Å². The molecule has 100 valence electrons. The average Bonchev–Trinajstić information content (AvgIpc) is 2.44. The molecule has 1 N–H and O–H groups in total. The van der Waals surface area contributed by atoms with Gasteiger partial charge in [0.05, 0.1) is 18.2 Å². The molecule has 3 nitrogen and oxygen atoms in total. The first-order valence-electron chi connectivity index (χ1n) is 5.72. The molecule has 5 heteroatoms. The molecule has 0 bridgehead atoms. The quantitative estimate of drug-likeness (QED) is 0.936. The molecule has 0 fully saturated rings. The number of halogens is 2. The highest BCUT2D eigenvalue weighted by molar-refractivity contribution is 6.30. The van der Waals surface area contributed by atoms with Crippen molar-refractivity contribution in [3.05, 3.63) is 58.5 Å². The fourth-order valence-corrected chi connectivity index (χ4v) is 1.94. The van der Waals surface area contributed by atoms with E-state index in [9.17, 15) is 9.50 Å². The third-order valence-electron chi connectivity index (χ3n) is 2.80. The third kappa shape index (κ3) is 3.22. The third-order valence-corrected chi connectivity index (χ3v) is 3.09. The number of aliphatic hydroxyl groups is 1. The number of pyridine rings is 1. The minimum Gasteiger partial charge on any atom is -0.481 e. The zero-order valence-electron chi connectivity index (χ0n) is 10.3. The first kappa shape index (κ1) is 13.8. The van der Waals surface area contributed by atoms with Crippen LogP contribution in [-0.4, -0.2) is 17.2 Å². The lowest BCUT2D eigenvalue weighted by Crippen LogP contribution is -2.04. The summed E-state index contributed by atoms with van der Waals surface area (Å²) in [7, 11) is 1.51. The Labute approximate surface area is 115 Å². The zero-order chi connectivity index (χ0) is 13.8. The average molecular weight is 282 g/mol. The van der Waals surface area contributed by atoms with Crippen molar-refractivity contribution in [2.75, 3.05) is 7.11 Å². The van der Waals surface area contributed by atoms with Gasteiger partial charge < -0.3 is 9.84 Å². The summed E-state index contributed by atoms with van der Waals surface area (Å²) in [4.78, 5) is 4.00. The molecule has 0 radical (unpaired) electrons. The molecular weight excluding hydrogens is 269 g/mol. The minimum absolute atomic E-state index is 0.0533. The van der Waals surface area contributed by atoms with Gasteiger partial charge in [-0.1, -0.05) is 23.7 Å². The zero-order valence-corrected chi connectivity index (χ0v) is 11.1. The second-order valence-corrected chi connectivity index (χ2v) is 4.47. The summed E-state index contributed by atoms with van der Waals surface area (Å²) in [6.07, 6.45) is 0.804. The molecule has 0 saturated heterocycles. The van der Waals surface area contributed by atoms with Crippen LogP contribution < -0.4 is 4.74 Å². The van der Waals surface area contributed by atoms with Crippen molar-refractivity contribution in [2.45, 2.75) is 12.5 Å². The van der Waals surface area contributed by atoms with E-state index in [1.165, 1.54) is 19.4 Å². The Morgan fingerprint density at radius 2 is 2.16 bits per heavy atom. The Hall–Kier alpha value is -1.65. The maximum Gasteiger partial charge on any atom is 0.212 e. The van der Waals surface area contributed by atoms with E-state index in [2.05, 4.69) is 4.98 Å². The molecule has 0 amide bonds. The van der Waals surface area contributed by atoms with Gasteiger partial charge in [0, 0.05) is 18.7 Å². The number of nitrogens with zero attached hydrogens (tertiary/aromatic N) is 1. The second-order valence-electron chi connectivity index (χ2n) is 4.07. The van der Waals surface area contributed by atoms with Gasteiger partial charge in [0.2, 0.25) is 5.88 Å². The molecular formula is C14H13ClFNO2. The molecule has 1 atom stereocenters. The summed E-state index contributed by atoms with van der Waals surface area (Å²) in [5, 5.41) is 10.1. The topological polar surface area (TPSA) is 42.4 Å². The first-order valence-corrected chi connectivity index (χ1v) is 6.10. The van der Waals surface area contributed by atoms with Gasteiger partial charge in [0.1, 0.15) is 5.82 Å². The van der Waals surface area contributed by atoms with Crippen LogP contribution in [0.25, 0.3) is 0 Å². The van der Waals surface area contributed by atoms with E-state index < -0.39 is 11.9 Å². The Morgan fingerprint density at radius 1 is 1.37 bits per heavy atom.